The number of thioether (sulfide) groups is 1. The molecule has 0 radical (unpaired) electrons. The van der Waals surface area contributed by atoms with Gasteiger partial charge < -0.3 is 9.64 Å². The summed E-state index contributed by atoms with van der Waals surface area (Å²) in [6, 6.07) is 13.8. The van der Waals surface area contributed by atoms with Crippen LogP contribution in [0.2, 0.25) is 0 Å². The predicted octanol–water partition coefficient (Wildman–Crippen LogP) is 2.85. The van der Waals surface area contributed by atoms with E-state index in [1.807, 2.05) is 47.4 Å². The van der Waals surface area contributed by atoms with Gasteiger partial charge in [0.25, 0.3) is 5.91 Å². The summed E-state index contributed by atoms with van der Waals surface area (Å²) in [4.78, 5) is 18.5. The van der Waals surface area contributed by atoms with Gasteiger partial charge in [0.2, 0.25) is 0 Å². The lowest BCUT2D eigenvalue weighted by Crippen LogP contribution is -2.40. The molecular weight excluding hydrogens is 296 g/mol. The number of amides is 1. The number of nitrogens with zero attached hydrogens (tertiary/aromatic N) is 2. The topological polar surface area (TPSA) is 42.4 Å². The zero-order valence-corrected chi connectivity index (χ0v) is 13.1. The lowest BCUT2D eigenvalue weighted by atomic mass is 10.1. The highest BCUT2D eigenvalue weighted by Crippen LogP contribution is 2.20. The molecule has 1 aliphatic heterocycles. The minimum Gasteiger partial charge on any atom is -0.378 e. The van der Waals surface area contributed by atoms with Crippen LogP contribution in [0.3, 0.4) is 0 Å². The van der Waals surface area contributed by atoms with E-state index in [0.29, 0.717) is 26.3 Å². The molecule has 0 N–H and O–H groups in total. The van der Waals surface area contributed by atoms with Crippen LogP contribution in [0.25, 0.3) is 0 Å². The number of morpholine rings is 1. The maximum absolute atomic E-state index is 12.3. The van der Waals surface area contributed by atoms with Gasteiger partial charge in [-0.05, 0) is 29.8 Å². The number of pyridine rings is 1. The van der Waals surface area contributed by atoms with Crippen molar-refractivity contribution in [1.29, 1.82) is 0 Å². The van der Waals surface area contributed by atoms with Gasteiger partial charge in [-0.15, -0.1) is 11.8 Å². The Bertz CT molecular complexity index is 610. The molecule has 0 aliphatic carbocycles. The largest absolute Gasteiger partial charge is 0.378 e. The number of hydrogen-bond acceptors (Lipinski definition) is 4. The van der Waals surface area contributed by atoms with Crippen LogP contribution in [-0.4, -0.2) is 42.1 Å². The highest BCUT2D eigenvalue weighted by Gasteiger charge is 2.18. The number of aromatic nitrogens is 1. The summed E-state index contributed by atoms with van der Waals surface area (Å²) in [5.41, 5.74) is 1.93. The van der Waals surface area contributed by atoms with Gasteiger partial charge in [0, 0.05) is 30.6 Å². The van der Waals surface area contributed by atoms with E-state index in [-0.39, 0.29) is 5.91 Å². The van der Waals surface area contributed by atoms with Crippen LogP contribution in [0.1, 0.15) is 15.9 Å². The van der Waals surface area contributed by atoms with E-state index >= 15 is 0 Å². The van der Waals surface area contributed by atoms with Crippen molar-refractivity contribution in [2.75, 3.05) is 26.3 Å². The van der Waals surface area contributed by atoms with E-state index < -0.39 is 0 Å². The number of ether oxygens (including phenoxy) is 1. The first-order valence-corrected chi connectivity index (χ1v) is 8.31. The zero-order valence-electron chi connectivity index (χ0n) is 12.3. The SMILES string of the molecule is O=C(c1ccc(CSc2ccccn2)cc1)N1CCOCC1. The van der Waals surface area contributed by atoms with Gasteiger partial charge in [-0.1, -0.05) is 18.2 Å². The predicted molar refractivity (Wildman–Crippen MR) is 87.0 cm³/mol. The molecule has 1 aromatic carbocycles. The molecule has 0 bridgehead atoms. The minimum absolute atomic E-state index is 0.0900. The summed E-state index contributed by atoms with van der Waals surface area (Å²) in [5, 5.41) is 1.01. The van der Waals surface area contributed by atoms with Gasteiger partial charge in [-0.3, -0.25) is 4.79 Å². The molecule has 0 unspecified atom stereocenters. The van der Waals surface area contributed by atoms with Gasteiger partial charge in [0.15, 0.2) is 0 Å². The number of carbonyl (C=O) groups excluding carboxylic acids is 1. The maximum Gasteiger partial charge on any atom is 0.254 e. The smallest absolute Gasteiger partial charge is 0.254 e. The third-order valence-corrected chi connectivity index (χ3v) is 4.54. The summed E-state index contributed by atoms with van der Waals surface area (Å²) in [7, 11) is 0. The van der Waals surface area contributed by atoms with Crippen LogP contribution in [0, 0.1) is 0 Å². The Morgan fingerprint density at radius 3 is 2.59 bits per heavy atom. The quantitative estimate of drug-likeness (QED) is 0.814. The maximum atomic E-state index is 12.3. The monoisotopic (exact) mass is 314 g/mol. The molecule has 1 saturated heterocycles. The lowest BCUT2D eigenvalue weighted by Gasteiger charge is -2.26. The number of rotatable bonds is 4. The molecule has 1 aromatic heterocycles. The molecule has 0 atom stereocenters. The molecule has 1 amide bonds. The molecule has 4 nitrogen and oxygen atoms in total. The van der Waals surface area contributed by atoms with Crippen LogP contribution < -0.4 is 0 Å². The van der Waals surface area contributed by atoms with Crippen molar-refractivity contribution in [3.8, 4) is 0 Å². The van der Waals surface area contributed by atoms with Crippen LogP contribution >= 0.6 is 11.8 Å². The van der Waals surface area contributed by atoms with E-state index in [1.54, 1.807) is 18.0 Å². The second kappa shape index (κ2) is 7.42. The van der Waals surface area contributed by atoms with Crippen LogP contribution in [-0.2, 0) is 10.5 Å². The average molecular weight is 314 g/mol. The molecule has 22 heavy (non-hydrogen) atoms. The van der Waals surface area contributed by atoms with Gasteiger partial charge >= 0.3 is 0 Å². The van der Waals surface area contributed by atoms with Crippen molar-refractivity contribution < 1.29 is 9.53 Å². The van der Waals surface area contributed by atoms with Gasteiger partial charge in [0.1, 0.15) is 0 Å². The summed E-state index contributed by atoms with van der Waals surface area (Å²) >= 11 is 1.69. The fourth-order valence-corrected chi connectivity index (χ4v) is 3.10. The van der Waals surface area contributed by atoms with Crippen molar-refractivity contribution in [3.63, 3.8) is 0 Å². The molecule has 1 fully saturated rings. The van der Waals surface area contributed by atoms with E-state index in [1.165, 1.54) is 5.56 Å². The Morgan fingerprint density at radius 1 is 1.14 bits per heavy atom. The Morgan fingerprint density at radius 2 is 1.91 bits per heavy atom. The molecule has 2 heterocycles. The molecule has 5 heteroatoms. The Kier molecular flexibility index (Phi) is 5.08. The number of hydrogen-bond donors (Lipinski definition) is 0. The summed E-state index contributed by atoms with van der Waals surface area (Å²) in [5.74, 6) is 0.940. The molecule has 1 aliphatic rings. The summed E-state index contributed by atoms with van der Waals surface area (Å²) < 4.78 is 5.28. The van der Waals surface area contributed by atoms with E-state index in [0.717, 1.165) is 16.3 Å². The Labute approximate surface area is 134 Å². The third kappa shape index (κ3) is 3.87. The highest BCUT2D eigenvalue weighted by atomic mass is 32.2. The highest BCUT2D eigenvalue weighted by molar-refractivity contribution is 7.98. The van der Waals surface area contributed by atoms with E-state index in [2.05, 4.69) is 4.98 Å². The zero-order chi connectivity index (χ0) is 15.2. The Balaban J connectivity index is 1.59. The summed E-state index contributed by atoms with van der Waals surface area (Å²) in [6.45, 7) is 2.61. The number of benzene rings is 1. The van der Waals surface area contributed by atoms with Crippen molar-refractivity contribution >= 4 is 17.7 Å². The second-order valence-electron chi connectivity index (χ2n) is 5.06. The van der Waals surface area contributed by atoms with Crippen molar-refractivity contribution in [2.45, 2.75) is 10.8 Å². The number of carbonyl (C=O) groups is 1. The molecule has 114 valence electrons. The molecule has 0 saturated carbocycles. The van der Waals surface area contributed by atoms with Crippen molar-refractivity contribution in [3.05, 3.63) is 59.8 Å². The average Bonchev–Trinajstić information content (AvgIpc) is 2.61. The molecule has 2 aromatic rings. The van der Waals surface area contributed by atoms with Gasteiger partial charge in [-0.25, -0.2) is 4.98 Å². The van der Waals surface area contributed by atoms with Crippen LogP contribution in [0.4, 0.5) is 0 Å². The fourth-order valence-electron chi connectivity index (χ4n) is 2.28. The van der Waals surface area contributed by atoms with Crippen LogP contribution in [0.15, 0.2) is 53.7 Å². The molecule has 3 rings (SSSR count). The lowest BCUT2D eigenvalue weighted by molar-refractivity contribution is 0.0303. The first kappa shape index (κ1) is 15.1. The minimum atomic E-state index is 0.0900. The first-order chi connectivity index (χ1) is 10.8. The van der Waals surface area contributed by atoms with E-state index in [4.69, 9.17) is 4.74 Å². The molecule has 0 spiro atoms. The van der Waals surface area contributed by atoms with Crippen LogP contribution in [0.5, 0.6) is 0 Å². The van der Waals surface area contributed by atoms with Crippen molar-refractivity contribution in [2.24, 2.45) is 0 Å². The van der Waals surface area contributed by atoms with Gasteiger partial charge in [-0.2, -0.15) is 0 Å². The standard InChI is InChI=1S/C17H18N2O2S/c20-17(19-9-11-21-12-10-19)15-6-4-14(5-7-15)13-22-16-3-1-2-8-18-16/h1-8H,9-13H2. The normalized spacial score (nSPS) is 14.8. The van der Waals surface area contributed by atoms with Gasteiger partial charge in [0.05, 0.1) is 18.2 Å². The third-order valence-electron chi connectivity index (χ3n) is 3.52. The fraction of sp³-hybridized carbons (Fsp3) is 0.294. The molecular formula is C17H18N2O2S. The Hall–Kier alpha value is -1.85. The second-order valence-corrected chi connectivity index (χ2v) is 6.05. The summed E-state index contributed by atoms with van der Waals surface area (Å²) in [6.07, 6.45) is 1.80. The van der Waals surface area contributed by atoms with E-state index in [9.17, 15) is 4.79 Å². The van der Waals surface area contributed by atoms with Crippen molar-refractivity contribution in [1.82, 2.24) is 9.88 Å². The first-order valence-electron chi connectivity index (χ1n) is 7.33.